The van der Waals surface area contributed by atoms with E-state index in [9.17, 15) is 4.79 Å². The third kappa shape index (κ3) is 3.40. The molecule has 3 rings (SSSR count). The average molecular weight is 315 g/mol. The summed E-state index contributed by atoms with van der Waals surface area (Å²) in [6.45, 7) is 1.86. The molecule has 0 aliphatic rings. The topological polar surface area (TPSA) is 54.9 Å². The zero-order chi connectivity index (χ0) is 14.7. The van der Waals surface area contributed by atoms with Gasteiger partial charge in [-0.2, -0.15) is 0 Å². The maximum absolute atomic E-state index is 12.2. The molecule has 0 saturated heterocycles. The van der Waals surface area contributed by atoms with Crippen molar-refractivity contribution in [3.63, 3.8) is 0 Å². The molecule has 1 N–H and O–H groups in total. The van der Waals surface area contributed by atoms with Gasteiger partial charge in [-0.1, -0.05) is 41.3 Å². The van der Waals surface area contributed by atoms with Gasteiger partial charge in [0.05, 0.1) is 20.5 Å². The molecule has 3 aromatic rings. The maximum Gasteiger partial charge on any atom is 0.239 e. The minimum absolute atomic E-state index is 0.0651. The van der Waals surface area contributed by atoms with Crippen molar-refractivity contribution in [2.24, 2.45) is 0 Å². The van der Waals surface area contributed by atoms with E-state index in [1.165, 1.54) is 23.1 Å². The van der Waals surface area contributed by atoms with Crippen molar-refractivity contribution in [1.29, 1.82) is 0 Å². The molecule has 0 radical (unpaired) electrons. The standard InChI is InChI=1S/C15H13N3OS2/c1-10(20-13-8-4-5-9-16-13)14(19)18-15-17-11-6-2-3-7-12(11)21-15/h2-10H,1H3,(H,17,18,19). The zero-order valence-electron chi connectivity index (χ0n) is 11.3. The summed E-state index contributed by atoms with van der Waals surface area (Å²) < 4.78 is 1.07. The molecule has 0 fully saturated rings. The summed E-state index contributed by atoms with van der Waals surface area (Å²) in [5.74, 6) is -0.0651. The van der Waals surface area contributed by atoms with Crippen LogP contribution in [-0.2, 0) is 4.79 Å². The number of rotatable bonds is 4. The first-order valence-corrected chi connectivity index (χ1v) is 8.16. The van der Waals surface area contributed by atoms with Crippen LogP contribution in [0, 0.1) is 0 Å². The fourth-order valence-electron chi connectivity index (χ4n) is 1.78. The fraction of sp³-hybridized carbons (Fsp3) is 0.133. The summed E-state index contributed by atoms with van der Waals surface area (Å²) in [6, 6.07) is 13.5. The van der Waals surface area contributed by atoms with Gasteiger partial charge in [-0.15, -0.1) is 0 Å². The first-order chi connectivity index (χ1) is 10.2. The van der Waals surface area contributed by atoms with Crippen molar-refractivity contribution in [3.05, 3.63) is 48.7 Å². The second-order valence-electron chi connectivity index (χ2n) is 4.40. The van der Waals surface area contributed by atoms with E-state index >= 15 is 0 Å². The van der Waals surface area contributed by atoms with Gasteiger partial charge in [0, 0.05) is 6.20 Å². The van der Waals surface area contributed by atoms with E-state index in [0.717, 1.165) is 15.2 Å². The van der Waals surface area contributed by atoms with Crippen molar-refractivity contribution in [3.8, 4) is 0 Å². The Bertz CT molecular complexity index is 725. The summed E-state index contributed by atoms with van der Waals surface area (Å²) in [4.78, 5) is 20.8. The molecule has 1 aromatic carbocycles. The minimum atomic E-state index is -0.230. The van der Waals surface area contributed by atoms with E-state index in [1.54, 1.807) is 6.20 Å². The van der Waals surface area contributed by atoms with Crippen LogP contribution in [0.15, 0.2) is 53.7 Å². The van der Waals surface area contributed by atoms with Crippen LogP contribution < -0.4 is 5.32 Å². The molecule has 1 unspecified atom stereocenters. The van der Waals surface area contributed by atoms with E-state index in [2.05, 4.69) is 15.3 Å². The number of fused-ring (bicyclic) bond motifs is 1. The van der Waals surface area contributed by atoms with Gasteiger partial charge in [0.1, 0.15) is 0 Å². The lowest BCUT2D eigenvalue weighted by atomic mass is 10.3. The lowest BCUT2D eigenvalue weighted by Gasteiger charge is -2.09. The molecule has 1 atom stereocenters. The largest absolute Gasteiger partial charge is 0.301 e. The van der Waals surface area contributed by atoms with Crippen LogP contribution in [0.2, 0.25) is 0 Å². The van der Waals surface area contributed by atoms with Gasteiger partial charge in [-0.05, 0) is 31.2 Å². The Morgan fingerprint density at radius 1 is 1.24 bits per heavy atom. The number of thiazole rings is 1. The number of hydrogen-bond donors (Lipinski definition) is 1. The number of benzene rings is 1. The number of nitrogens with one attached hydrogen (secondary N) is 1. The van der Waals surface area contributed by atoms with E-state index in [0.29, 0.717) is 5.13 Å². The number of nitrogens with zero attached hydrogens (tertiary/aromatic N) is 2. The number of carbonyl (C=O) groups excluding carboxylic acids is 1. The SMILES string of the molecule is CC(Sc1ccccn1)C(=O)Nc1nc2ccccc2s1. The van der Waals surface area contributed by atoms with Gasteiger partial charge in [0.2, 0.25) is 5.91 Å². The van der Waals surface area contributed by atoms with Crippen molar-refractivity contribution in [2.45, 2.75) is 17.2 Å². The summed E-state index contributed by atoms with van der Waals surface area (Å²) in [7, 11) is 0. The molecule has 21 heavy (non-hydrogen) atoms. The summed E-state index contributed by atoms with van der Waals surface area (Å²) in [5, 5.41) is 4.11. The molecule has 0 spiro atoms. The van der Waals surface area contributed by atoms with Crippen molar-refractivity contribution < 1.29 is 4.79 Å². The van der Waals surface area contributed by atoms with Crippen LogP contribution in [0.5, 0.6) is 0 Å². The number of amides is 1. The highest BCUT2D eigenvalue weighted by atomic mass is 32.2. The van der Waals surface area contributed by atoms with E-state index in [-0.39, 0.29) is 11.2 Å². The highest BCUT2D eigenvalue weighted by Gasteiger charge is 2.16. The Hall–Kier alpha value is -1.92. The Morgan fingerprint density at radius 2 is 2.05 bits per heavy atom. The van der Waals surface area contributed by atoms with Crippen LogP contribution in [-0.4, -0.2) is 21.1 Å². The molecule has 2 heterocycles. The molecule has 6 heteroatoms. The van der Waals surface area contributed by atoms with Gasteiger partial charge in [-0.3, -0.25) is 4.79 Å². The molecule has 2 aromatic heterocycles. The average Bonchev–Trinajstić information content (AvgIpc) is 2.90. The molecular formula is C15H13N3OS2. The third-order valence-corrected chi connectivity index (χ3v) is 4.83. The van der Waals surface area contributed by atoms with Crippen LogP contribution in [0.1, 0.15) is 6.92 Å². The third-order valence-electron chi connectivity index (χ3n) is 2.83. The van der Waals surface area contributed by atoms with E-state index in [4.69, 9.17) is 0 Å². The molecule has 106 valence electrons. The van der Waals surface area contributed by atoms with E-state index < -0.39 is 0 Å². The lowest BCUT2D eigenvalue weighted by Crippen LogP contribution is -2.22. The normalized spacial score (nSPS) is 12.2. The van der Waals surface area contributed by atoms with Gasteiger partial charge in [0.25, 0.3) is 0 Å². The van der Waals surface area contributed by atoms with Crippen LogP contribution in [0.4, 0.5) is 5.13 Å². The minimum Gasteiger partial charge on any atom is -0.301 e. The first-order valence-electron chi connectivity index (χ1n) is 6.46. The summed E-state index contributed by atoms with van der Waals surface area (Å²) in [6.07, 6.45) is 1.72. The van der Waals surface area contributed by atoms with Gasteiger partial charge >= 0.3 is 0 Å². The molecule has 0 bridgehead atoms. The predicted octanol–water partition coefficient (Wildman–Crippen LogP) is 3.81. The number of aromatic nitrogens is 2. The van der Waals surface area contributed by atoms with Crippen LogP contribution >= 0.6 is 23.1 Å². The molecular weight excluding hydrogens is 302 g/mol. The fourth-order valence-corrected chi connectivity index (χ4v) is 3.46. The molecule has 0 aliphatic carbocycles. The molecule has 0 aliphatic heterocycles. The summed E-state index contributed by atoms with van der Waals surface area (Å²) >= 11 is 2.91. The Labute approximate surface area is 130 Å². The Morgan fingerprint density at radius 3 is 2.81 bits per heavy atom. The highest BCUT2D eigenvalue weighted by Crippen LogP contribution is 2.27. The maximum atomic E-state index is 12.2. The van der Waals surface area contributed by atoms with Crippen molar-refractivity contribution >= 4 is 44.4 Å². The van der Waals surface area contributed by atoms with Crippen LogP contribution in [0.3, 0.4) is 0 Å². The quantitative estimate of drug-likeness (QED) is 0.744. The van der Waals surface area contributed by atoms with Crippen molar-refractivity contribution in [1.82, 2.24) is 9.97 Å². The summed E-state index contributed by atoms with van der Waals surface area (Å²) in [5.41, 5.74) is 0.905. The van der Waals surface area contributed by atoms with Crippen molar-refractivity contribution in [2.75, 3.05) is 5.32 Å². The highest BCUT2D eigenvalue weighted by molar-refractivity contribution is 8.00. The molecule has 1 amide bonds. The zero-order valence-corrected chi connectivity index (χ0v) is 12.9. The smallest absolute Gasteiger partial charge is 0.239 e. The van der Waals surface area contributed by atoms with Crippen LogP contribution in [0.25, 0.3) is 10.2 Å². The van der Waals surface area contributed by atoms with Gasteiger partial charge in [-0.25, -0.2) is 9.97 Å². The molecule has 0 saturated carbocycles. The number of hydrogen-bond acceptors (Lipinski definition) is 5. The van der Waals surface area contributed by atoms with E-state index in [1.807, 2.05) is 49.4 Å². The number of para-hydroxylation sites is 1. The number of thioether (sulfide) groups is 1. The number of pyridine rings is 1. The van der Waals surface area contributed by atoms with Gasteiger partial charge in [0.15, 0.2) is 5.13 Å². The monoisotopic (exact) mass is 315 g/mol. The second kappa shape index (κ2) is 6.24. The van der Waals surface area contributed by atoms with Gasteiger partial charge < -0.3 is 5.32 Å². The number of anilines is 1. The molecule has 4 nitrogen and oxygen atoms in total. The Kier molecular flexibility index (Phi) is 4.17. The number of carbonyl (C=O) groups is 1. The lowest BCUT2D eigenvalue weighted by molar-refractivity contribution is -0.115. The first kappa shape index (κ1) is 14.0. The Balaban J connectivity index is 1.68. The predicted molar refractivity (Wildman–Crippen MR) is 87.8 cm³/mol. The second-order valence-corrected chi connectivity index (χ2v) is 6.80.